The molecule has 0 aliphatic heterocycles. The molecule has 3 nitrogen and oxygen atoms in total. The van der Waals surface area contributed by atoms with Crippen LogP contribution in [-0.2, 0) is 0 Å². The molecular formula is C17H21BrN2O. The Hall–Kier alpha value is -1.39. The van der Waals surface area contributed by atoms with E-state index in [-0.39, 0.29) is 6.04 Å². The van der Waals surface area contributed by atoms with Gasteiger partial charge in [0.25, 0.3) is 0 Å². The first-order valence-electron chi connectivity index (χ1n) is 7.22. The Labute approximate surface area is 134 Å². The molecule has 0 bridgehead atoms. The van der Waals surface area contributed by atoms with Crippen molar-refractivity contribution >= 4 is 15.9 Å². The fourth-order valence-electron chi connectivity index (χ4n) is 2.32. The van der Waals surface area contributed by atoms with Gasteiger partial charge in [-0.2, -0.15) is 0 Å². The summed E-state index contributed by atoms with van der Waals surface area (Å²) in [5, 5.41) is 3.52. The van der Waals surface area contributed by atoms with Crippen molar-refractivity contribution in [3.63, 3.8) is 0 Å². The highest BCUT2D eigenvalue weighted by molar-refractivity contribution is 9.10. The summed E-state index contributed by atoms with van der Waals surface area (Å²) >= 11 is 3.67. The first kappa shape index (κ1) is 16.0. The molecule has 21 heavy (non-hydrogen) atoms. The van der Waals surface area contributed by atoms with E-state index >= 15 is 0 Å². The number of ether oxygens (including phenoxy) is 1. The summed E-state index contributed by atoms with van der Waals surface area (Å²) in [4.78, 5) is 4.30. The Morgan fingerprint density at radius 2 is 2.05 bits per heavy atom. The van der Waals surface area contributed by atoms with Gasteiger partial charge in [-0.15, -0.1) is 0 Å². The Balaban J connectivity index is 2.40. The first-order valence-corrected chi connectivity index (χ1v) is 8.02. The lowest BCUT2D eigenvalue weighted by molar-refractivity contribution is 0.338. The van der Waals surface area contributed by atoms with Crippen molar-refractivity contribution in [3.05, 3.63) is 57.8 Å². The summed E-state index contributed by atoms with van der Waals surface area (Å²) < 4.78 is 6.66. The molecule has 0 aliphatic rings. The maximum Gasteiger partial charge on any atom is 0.137 e. The molecule has 0 aliphatic carbocycles. The van der Waals surface area contributed by atoms with Crippen molar-refractivity contribution in [3.8, 4) is 5.75 Å². The molecule has 0 spiro atoms. The summed E-state index contributed by atoms with van der Waals surface area (Å²) in [5.41, 5.74) is 3.55. The van der Waals surface area contributed by atoms with Gasteiger partial charge in [-0.3, -0.25) is 4.98 Å². The molecule has 0 amide bonds. The Morgan fingerprint density at radius 1 is 1.24 bits per heavy atom. The molecule has 2 aromatic rings. The zero-order chi connectivity index (χ0) is 15.2. The van der Waals surface area contributed by atoms with E-state index in [4.69, 9.17) is 4.74 Å². The van der Waals surface area contributed by atoms with Gasteiger partial charge < -0.3 is 10.1 Å². The van der Waals surface area contributed by atoms with Crippen LogP contribution < -0.4 is 10.1 Å². The number of benzene rings is 1. The van der Waals surface area contributed by atoms with Crippen LogP contribution in [0.25, 0.3) is 0 Å². The van der Waals surface area contributed by atoms with Crippen LogP contribution in [0.2, 0.25) is 0 Å². The van der Waals surface area contributed by atoms with Crippen molar-refractivity contribution in [2.75, 3.05) is 13.2 Å². The molecule has 0 saturated heterocycles. The molecule has 1 aromatic heterocycles. The lowest BCUT2D eigenvalue weighted by atomic mass is 9.99. The minimum absolute atomic E-state index is 0.0953. The molecule has 1 N–H and O–H groups in total. The predicted molar refractivity (Wildman–Crippen MR) is 89.8 cm³/mol. The molecule has 0 saturated carbocycles. The fourth-order valence-corrected chi connectivity index (χ4v) is 3.04. The summed E-state index contributed by atoms with van der Waals surface area (Å²) in [7, 11) is 0. The second kappa shape index (κ2) is 7.57. The van der Waals surface area contributed by atoms with Crippen LogP contribution in [0.1, 0.15) is 36.6 Å². The quantitative estimate of drug-likeness (QED) is 0.847. The highest BCUT2D eigenvalue weighted by Gasteiger charge is 2.17. The highest BCUT2D eigenvalue weighted by Crippen LogP contribution is 2.30. The van der Waals surface area contributed by atoms with E-state index in [1.807, 2.05) is 13.1 Å². The van der Waals surface area contributed by atoms with Crippen molar-refractivity contribution in [1.29, 1.82) is 0 Å². The summed E-state index contributed by atoms with van der Waals surface area (Å²) in [6, 6.07) is 8.57. The Kier molecular flexibility index (Phi) is 5.76. The van der Waals surface area contributed by atoms with Gasteiger partial charge in [0.15, 0.2) is 0 Å². The van der Waals surface area contributed by atoms with E-state index in [0.29, 0.717) is 6.61 Å². The van der Waals surface area contributed by atoms with Crippen molar-refractivity contribution in [2.24, 2.45) is 0 Å². The molecule has 112 valence electrons. The minimum Gasteiger partial charge on any atom is -0.492 e. The normalized spacial score (nSPS) is 12.2. The van der Waals surface area contributed by atoms with Gasteiger partial charge in [-0.05, 0) is 49.2 Å². The minimum atomic E-state index is 0.0953. The van der Waals surface area contributed by atoms with E-state index in [1.54, 1.807) is 6.20 Å². The molecule has 1 unspecified atom stereocenters. The monoisotopic (exact) mass is 348 g/mol. The highest BCUT2D eigenvalue weighted by atomic mass is 79.9. The smallest absolute Gasteiger partial charge is 0.137 e. The number of pyridine rings is 1. The van der Waals surface area contributed by atoms with Crippen LogP contribution in [0.5, 0.6) is 5.75 Å². The number of aryl methyl sites for hydroxylation is 1. The van der Waals surface area contributed by atoms with Gasteiger partial charge in [-0.25, -0.2) is 0 Å². The van der Waals surface area contributed by atoms with Crippen LogP contribution in [0.3, 0.4) is 0 Å². The van der Waals surface area contributed by atoms with Crippen LogP contribution in [0.15, 0.2) is 41.1 Å². The van der Waals surface area contributed by atoms with Crippen LogP contribution in [-0.4, -0.2) is 18.1 Å². The standard InChI is InChI=1S/C17H21BrN2O/c1-4-20-17(15-7-6-12(3)8-16(15)18)13-9-14(21-5-2)11-19-10-13/h6-11,17,20H,4-5H2,1-3H3. The summed E-state index contributed by atoms with van der Waals surface area (Å²) in [6.45, 7) is 7.70. The number of aromatic nitrogens is 1. The van der Waals surface area contributed by atoms with E-state index in [9.17, 15) is 0 Å². The average Bonchev–Trinajstić information content (AvgIpc) is 2.46. The molecule has 1 aromatic carbocycles. The van der Waals surface area contributed by atoms with Gasteiger partial charge in [-0.1, -0.05) is 35.0 Å². The summed E-state index contributed by atoms with van der Waals surface area (Å²) in [6.07, 6.45) is 3.64. The third-order valence-corrected chi connectivity index (χ3v) is 3.94. The maximum atomic E-state index is 5.56. The zero-order valence-electron chi connectivity index (χ0n) is 12.7. The molecule has 0 fully saturated rings. The summed E-state index contributed by atoms with van der Waals surface area (Å²) in [5.74, 6) is 0.807. The largest absolute Gasteiger partial charge is 0.492 e. The van der Waals surface area contributed by atoms with Gasteiger partial charge in [0.2, 0.25) is 0 Å². The van der Waals surface area contributed by atoms with Crippen LogP contribution in [0.4, 0.5) is 0 Å². The van der Waals surface area contributed by atoms with E-state index < -0.39 is 0 Å². The number of hydrogen-bond donors (Lipinski definition) is 1. The van der Waals surface area contributed by atoms with Crippen molar-refractivity contribution in [1.82, 2.24) is 10.3 Å². The lowest BCUT2D eigenvalue weighted by Gasteiger charge is -2.21. The van der Waals surface area contributed by atoms with Gasteiger partial charge in [0, 0.05) is 10.7 Å². The molecular weight excluding hydrogens is 328 g/mol. The number of rotatable bonds is 6. The maximum absolute atomic E-state index is 5.56. The zero-order valence-corrected chi connectivity index (χ0v) is 14.3. The third kappa shape index (κ3) is 4.05. The molecule has 2 rings (SSSR count). The molecule has 1 heterocycles. The second-order valence-electron chi connectivity index (χ2n) is 4.90. The molecule has 0 radical (unpaired) electrons. The Bertz CT molecular complexity index is 601. The topological polar surface area (TPSA) is 34.2 Å². The van der Waals surface area contributed by atoms with Gasteiger partial charge in [0.1, 0.15) is 5.75 Å². The number of halogens is 1. The number of nitrogens with one attached hydrogen (secondary N) is 1. The van der Waals surface area contributed by atoms with Crippen molar-refractivity contribution in [2.45, 2.75) is 26.8 Å². The molecule has 1 atom stereocenters. The van der Waals surface area contributed by atoms with E-state index in [2.05, 4.69) is 64.3 Å². The van der Waals surface area contributed by atoms with Gasteiger partial charge in [0.05, 0.1) is 18.8 Å². The van der Waals surface area contributed by atoms with Crippen molar-refractivity contribution < 1.29 is 4.74 Å². The first-order chi connectivity index (χ1) is 10.2. The third-order valence-electron chi connectivity index (χ3n) is 3.25. The number of nitrogens with zero attached hydrogens (tertiary/aromatic N) is 1. The fraction of sp³-hybridized carbons (Fsp3) is 0.353. The Morgan fingerprint density at radius 3 is 2.71 bits per heavy atom. The molecule has 4 heteroatoms. The van der Waals surface area contributed by atoms with Crippen LogP contribution in [0, 0.1) is 6.92 Å². The van der Waals surface area contributed by atoms with Crippen LogP contribution >= 0.6 is 15.9 Å². The van der Waals surface area contributed by atoms with E-state index in [0.717, 1.165) is 22.3 Å². The second-order valence-corrected chi connectivity index (χ2v) is 5.76. The average molecular weight is 349 g/mol. The predicted octanol–water partition coefficient (Wildman–Crippen LogP) is 4.25. The SMILES string of the molecule is CCNC(c1cncc(OCC)c1)c1ccc(C)cc1Br. The number of hydrogen-bond acceptors (Lipinski definition) is 3. The van der Waals surface area contributed by atoms with E-state index in [1.165, 1.54) is 11.1 Å². The van der Waals surface area contributed by atoms with Gasteiger partial charge >= 0.3 is 0 Å². The lowest BCUT2D eigenvalue weighted by Crippen LogP contribution is -2.22.